The molecular weight excluding hydrogens is 286 g/mol. The fraction of sp³-hybridized carbons (Fsp3) is 0.667. The molecule has 1 aromatic heterocycles. The molecule has 1 aromatic rings. The summed E-state index contributed by atoms with van der Waals surface area (Å²) in [5.74, 6) is 0. The second kappa shape index (κ2) is 4.77. The largest absolute Gasteiger partial charge is 0.375 e. The summed E-state index contributed by atoms with van der Waals surface area (Å²) in [6.45, 7) is 3.08. The third kappa shape index (κ3) is 2.08. The van der Waals surface area contributed by atoms with E-state index in [1.807, 2.05) is 11.3 Å². The molecule has 2 fully saturated rings. The maximum atomic E-state index is 5.83. The standard InChI is InChI=1S/C12H16BrNOS/c13-9-4-7-16-12(9)8-14-5-6-15-11-3-1-2-10(11)14/h4,7,10-11H,1-3,5-6,8H2. The van der Waals surface area contributed by atoms with Crippen LogP contribution in [0.15, 0.2) is 15.9 Å². The molecule has 0 aromatic carbocycles. The topological polar surface area (TPSA) is 12.5 Å². The summed E-state index contributed by atoms with van der Waals surface area (Å²) in [6.07, 6.45) is 4.41. The molecule has 2 heterocycles. The number of halogens is 1. The predicted octanol–water partition coefficient (Wildman–Crippen LogP) is 3.26. The van der Waals surface area contributed by atoms with Crippen LogP contribution in [0.5, 0.6) is 0 Å². The van der Waals surface area contributed by atoms with Gasteiger partial charge in [0, 0.05) is 28.5 Å². The van der Waals surface area contributed by atoms with Crippen LogP contribution in [0.4, 0.5) is 0 Å². The van der Waals surface area contributed by atoms with Gasteiger partial charge in [0.25, 0.3) is 0 Å². The van der Waals surface area contributed by atoms with Gasteiger partial charge in [-0.25, -0.2) is 0 Å². The first-order chi connectivity index (χ1) is 7.84. The Bertz CT molecular complexity index is 368. The highest BCUT2D eigenvalue weighted by atomic mass is 79.9. The smallest absolute Gasteiger partial charge is 0.0731 e. The number of hydrogen-bond acceptors (Lipinski definition) is 3. The summed E-state index contributed by atoms with van der Waals surface area (Å²) < 4.78 is 7.09. The van der Waals surface area contributed by atoms with E-state index in [9.17, 15) is 0 Å². The molecule has 0 bridgehead atoms. The highest BCUT2D eigenvalue weighted by Crippen LogP contribution is 2.32. The van der Waals surface area contributed by atoms with Crippen molar-refractivity contribution in [1.82, 2.24) is 4.90 Å². The second-order valence-electron chi connectivity index (χ2n) is 4.57. The lowest BCUT2D eigenvalue weighted by Gasteiger charge is -2.37. The number of hydrogen-bond donors (Lipinski definition) is 0. The zero-order chi connectivity index (χ0) is 11.0. The molecule has 88 valence electrons. The van der Waals surface area contributed by atoms with Gasteiger partial charge in [0.05, 0.1) is 12.7 Å². The number of nitrogens with zero attached hydrogens (tertiary/aromatic N) is 1. The van der Waals surface area contributed by atoms with E-state index in [4.69, 9.17) is 4.74 Å². The van der Waals surface area contributed by atoms with Crippen molar-refractivity contribution in [3.63, 3.8) is 0 Å². The van der Waals surface area contributed by atoms with Crippen molar-refractivity contribution in [3.05, 3.63) is 20.8 Å². The Labute approximate surface area is 109 Å². The van der Waals surface area contributed by atoms with Gasteiger partial charge in [-0.3, -0.25) is 4.90 Å². The van der Waals surface area contributed by atoms with E-state index >= 15 is 0 Å². The van der Waals surface area contributed by atoms with Crippen molar-refractivity contribution in [2.45, 2.75) is 38.0 Å². The van der Waals surface area contributed by atoms with Gasteiger partial charge in [-0.05, 0) is 46.6 Å². The van der Waals surface area contributed by atoms with Crippen molar-refractivity contribution in [3.8, 4) is 0 Å². The fourth-order valence-electron chi connectivity index (χ4n) is 2.82. The zero-order valence-corrected chi connectivity index (χ0v) is 11.6. The number of thiophene rings is 1. The Morgan fingerprint density at radius 3 is 3.25 bits per heavy atom. The van der Waals surface area contributed by atoms with Crippen LogP contribution in [0.3, 0.4) is 0 Å². The van der Waals surface area contributed by atoms with Gasteiger partial charge >= 0.3 is 0 Å². The Morgan fingerprint density at radius 1 is 1.50 bits per heavy atom. The molecule has 2 atom stereocenters. The van der Waals surface area contributed by atoms with Crippen LogP contribution in [0.25, 0.3) is 0 Å². The van der Waals surface area contributed by atoms with E-state index in [2.05, 4.69) is 32.3 Å². The first kappa shape index (κ1) is 11.2. The van der Waals surface area contributed by atoms with Crippen molar-refractivity contribution < 1.29 is 4.74 Å². The third-order valence-electron chi connectivity index (χ3n) is 3.63. The summed E-state index contributed by atoms with van der Waals surface area (Å²) in [4.78, 5) is 4.06. The first-order valence-corrected chi connectivity index (χ1v) is 7.59. The molecule has 0 spiro atoms. The van der Waals surface area contributed by atoms with Crippen molar-refractivity contribution >= 4 is 27.3 Å². The van der Waals surface area contributed by atoms with Gasteiger partial charge in [-0.2, -0.15) is 0 Å². The highest BCUT2D eigenvalue weighted by molar-refractivity contribution is 9.10. The molecule has 0 N–H and O–H groups in total. The quantitative estimate of drug-likeness (QED) is 0.831. The summed E-state index contributed by atoms with van der Waals surface area (Å²) in [6, 6.07) is 2.81. The van der Waals surface area contributed by atoms with Gasteiger partial charge in [0.2, 0.25) is 0 Å². The number of fused-ring (bicyclic) bond motifs is 1. The van der Waals surface area contributed by atoms with Crippen LogP contribution < -0.4 is 0 Å². The summed E-state index contributed by atoms with van der Waals surface area (Å²) in [5, 5.41) is 2.16. The van der Waals surface area contributed by atoms with Gasteiger partial charge in [0.15, 0.2) is 0 Å². The van der Waals surface area contributed by atoms with Gasteiger partial charge in [-0.1, -0.05) is 0 Å². The van der Waals surface area contributed by atoms with Crippen LogP contribution in [-0.2, 0) is 11.3 Å². The van der Waals surface area contributed by atoms with E-state index in [0.717, 1.165) is 19.7 Å². The fourth-order valence-corrected chi connectivity index (χ4v) is 4.33. The predicted molar refractivity (Wildman–Crippen MR) is 69.8 cm³/mol. The molecule has 3 rings (SSSR count). The molecular formula is C12H16BrNOS. The first-order valence-electron chi connectivity index (χ1n) is 5.92. The minimum Gasteiger partial charge on any atom is -0.375 e. The number of morpholine rings is 1. The van der Waals surface area contributed by atoms with Gasteiger partial charge < -0.3 is 4.74 Å². The lowest BCUT2D eigenvalue weighted by Crippen LogP contribution is -2.47. The maximum absolute atomic E-state index is 5.83. The monoisotopic (exact) mass is 301 g/mol. The Balaban J connectivity index is 1.72. The lowest BCUT2D eigenvalue weighted by atomic mass is 10.1. The summed E-state index contributed by atoms with van der Waals surface area (Å²) in [5.41, 5.74) is 0. The second-order valence-corrected chi connectivity index (χ2v) is 6.42. The summed E-state index contributed by atoms with van der Waals surface area (Å²) in [7, 11) is 0. The van der Waals surface area contributed by atoms with Crippen LogP contribution in [0.1, 0.15) is 24.1 Å². The molecule has 2 aliphatic rings. The molecule has 1 aliphatic carbocycles. The number of ether oxygens (including phenoxy) is 1. The summed E-state index contributed by atoms with van der Waals surface area (Å²) >= 11 is 5.47. The van der Waals surface area contributed by atoms with Gasteiger partial charge in [0.1, 0.15) is 0 Å². The van der Waals surface area contributed by atoms with Crippen LogP contribution in [0, 0.1) is 0 Å². The van der Waals surface area contributed by atoms with Crippen LogP contribution in [0.2, 0.25) is 0 Å². The average Bonchev–Trinajstić information content (AvgIpc) is 2.89. The lowest BCUT2D eigenvalue weighted by molar-refractivity contribution is -0.0585. The maximum Gasteiger partial charge on any atom is 0.0731 e. The molecule has 1 aliphatic heterocycles. The highest BCUT2D eigenvalue weighted by Gasteiger charge is 2.36. The molecule has 0 amide bonds. The Hall–Kier alpha value is 0.1000. The van der Waals surface area contributed by atoms with E-state index < -0.39 is 0 Å². The minimum atomic E-state index is 0.507. The zero-order valence-electron chi connectivity index (χ0n) is 9.19. The third-order valence-corrected chi connectivity index (χ3v) is 5.55. The van der Waals surface area contributed by atoms with E-state index in [-0.39, 0.29) is 0 Å². The molecule has 16 heavy (non-hydrogen) atoms. The molecule has 1 saturated carbocycles. The van der Waals surface area contributed by atoms with E-state index in [0.29, 0.717) is 12.1 Å². The van der Waals surface area contributed by atoms with Gasteiger partial charge in [-0.15, -0.1) is 11.3 Å². The van der Waals surface area contributed by atoms with Crippen LogP contribution in [-0.4, -0.2) is 30.2 Å². The molecule has 0 radical (unpaired) electrons. The Morgan fingerprint density at radius 2 is 2.44 bits per heavy atom. The SMILES string of the molecule is Brc1ccsc1CN1CCOC2CCCC21. The molecule has 1 saturated heterocycles. The van der Waals surface area contributed by atoms with E-state index in [1.54, 1.807) is 0 Å². The average molecular weight is 302 g/mol. The van der Waals surface area contributed by atoms with Crippen molar-refractivity contribution in [2.75, 3.05) is 13.2 Å². The molecule has 2 nitrogen and oxygen atoms in total. The normalized spacial score (nSPS) is 30.6. The number of rotatable bonds is 2. The Kier molecular flexibility index (Phi) is 3.34. The van der Waals surface area contributed by atoms with Crippen molar-refractivity contribution in [1.29, 1.82) is 0 Å². The molecule has 4 heteroatoms. The van der Waals surface area contributed by atoms with Crippen LogP contribution >= 0.6 is 27.3 Å². The van der Waals surface area contributed by atoms with E-state index in [1.165, 1.54) is 28.6 Å². The van der Waals surface area contributed by atoms with Crippen molar-refractivity contribution in [2.24, 2.45) is 0 Å². The minimum absolute atomic E-state index is 0.507. The molecule has 2 unspecified atom stereocenters.